The zero-order chi connectivity index (χ0) is 14.3. The Labute approximate surface area is 114 Å². The molecule has 0 radical (unpaired) electrons. The van der Waals surface area contributed by atoms with Crippen molar-refractivity contribution < 1.29 is 19.4 Å². The van der Waals surface area contributed by atoms with E-state index in [0.29, 0.717) is 13.0 Å². The van der Waals surface area contributed by atoms with E-state index in [1.807, 2.05) is 13.0 Å². The van der Waals surface area contributed by atoms with E-state index >= 15 is 0 Å². The summed E-state index contributed by atoms with van der Waals surface area (Å²) in [5, 5.41) is 9.38. The lowest BCUT2D eigenvalue weighted by Crippen LogP contribution is -2.28. The molecule has 106 valence electrons. The Morgan fingerprint density at radius 2 is 2.16 bits per heavy atom. The molecule has 1 aromatic carbocycles. The topological polar surface area (TPSA) is 55.8 Å². The number of hydrogen-bond acceptors (Lipinski definition) is 4. The molecule has 0 aliphatic rings. The van der Waals surface area contributed by atoms with Crippen LogP contribution in [0.15, 0.2) is 18.2 Å². The molecule has 0 aliphatic carbocycles. The van der Waals surface area contributed by atoms with Crippen molar-refractivity contribution in [1.82, 2.24) is 0 Å². The highest BCUT2D eigenvalue weighted by atomic mass is 16.6. The molecule has 0 aromatic heterocycles. The predicted octanol–water partition coefficient (Wildman–Crippen LogP) is 2.60. The van der Waals surface area contributed by atoms with E-state index in [9.17, 15) is 9.90 Å². The molecule has 1 atom stereocenters. The number of hydrogen-bond donors (Lipinski definition) is 1. The van der Waals surface area contributed by atoms with E-state index in [4.69, 9.17) is 9.47 Å². The van der Waals surface area contributed by atoms with Gasteiger partial charge < -0.3 is 14.6 Å². The molecule has 0 spiro atoms. The zero-order valence-electron chi connectivity index (χ0n) is 11.8. The lowest BCUT2D eigenvalue weighted by molar-refractivity contribution is -0.154. The Bertz CT molecular complexity index is 415. The highest BCUT2D eigenvalue weighted by Crippen LogP contribution is 2.18. The van der Waals surface area contributed by atoms with Gasteiger partial charge in [-0.15, -0.1) is 0 Å². The van der Waals surface area contributed by atoms with Gasteiger partial charge in [-0.3, -0.25) is 0 Å². The molecule has 0 bridgehead atoms. The molecule has 0 saturated heterocycles. The van der Waals surface area contributed by atoms with Gasteiger partial charge in [-0.2, -0.15) is 0 Å². The van der Waals surface area contributed by atoms with Crippen molar-refractivity contribution in [3.63, 3.8) is 0 Å². The van der Waals surface area contributed by atoms with Crippen molar-refractivity contribution in [2.45, 2.75) is 39.2 Å². The highest BCUT2D eigenvalue weighted by Gasteiger charge is 2.21. The van der Waals surface area contributed by atoms with E-state index in [2.05, 4.69) is 6.92 Å². The summed E-state index contributed by atoms with van der Waals surface area (Å²) in [7, 11) is 1.36. The summed E-state index contributed by atoms with van der Waals surface area (Å²) in [6.07, 6.45) is 1.82. The van der Waals surface area contributed by atoms with Crippen LogP contribution in [0.25, 0.3) is 0 Å². The smallest absolute Gasteiger partial charge is 0.335 e. The van der Waals surface area contributed by atoms with Crippen LogP contribution in [0.3, 0.4) is 0 Å². The normalized spacial score (nSPS) is 12.2. The summed E-state index contributed by atoms with van der Waals surface area (Å²) in [5.41, 5.74) is 1.91. The van der Waals surface area contributed by atoms with Gasteiger partial charge in [0.15, 0.2) is 6.10 Å². The molecule has 1 rings (SSSR count). The minimum atomic E-state index is -0.584. The number of esters is 1. The number of rotatable bonds is 7. The summed E-state index contributed by atoms with van der Waals surface area (Å²) in [4.78, 5) is 11.7. The van der Waals surface area contributed by atoms with Gasteiger partial charge in [0.05, 0.1) is 7.11 Å². The average Bonchev–Trinajstić information content (AvgIpc) is 2.39. The third-order valence-corrected chi connectivity index (χ3v) is 3.01. The minimum absolute atomic E-state index is 0.225. The number of carbonyl (C=O) groups excluding carboxylic acids is 1. The fraction of sp³-hybridized carbons (Fsp3) is 0.533. The molecule has 0 amide bonds. The second-order valence-electron chi connectivity index (χ2n) is 4.55. The highest BCUT2D eigenvalue weighted by molar-refractivity contribution is 5.75. The molecule has 19 heavy (non-hydrogen) atoms. The lowest BCUT2D eigenvalue weighted by Gasteiger charge is -2.17. The van der Waals surface area contributed by atoms with Gasteiger partial charge in [0, 0.05) is 13.0 Å². The number of aromatic hydroxyl groups is 1. The standard InChI is InChI=1S/C15H22O4/c1-4-5-8-19-14(15(17)18-3)10-12-6-7-13(16)9-11(12)2/h6-7,9,14,16H,4-5,8,10H2,1-3H3/t14-/m1/s1. The summed E-state index contributed by atoms with van der Waals surface area (Å²) < 4.78 is 10.4. The van der Waals surface area contributed by atoms with Crippen molar-refractivity contribution in [3.05, 3.63) is 29.3 Å². The Balaban J connectivity index is 2.72. The maximum absolute atomic E-state index is 11.7. The van der Waals surface area contributed by atoms with E-state index in [1.54, 1.807) is 12.1 Å². The van der Waals surface area contributed by atoms with Gasteiger partial charge in [0.25, 0.3) is 0 Å². The Morgan fingerprint density at radius 1 is 1.42 bits per heavy atom. The first kappa shape index (κ1) is 15.5. The second kappa shape index (κ2) is 7.79. The van der Waals surface area contributed by atoms with Crippen LogP contribution in [0.1, 0.15) is 30.9 Å². The number of phenolic OH excluding ortho intramolecular Hbond substituents is 1. The summed E-state index contributed by atoms with van der Waals surface area (Å²) in [6.45, 7) is 4.52. The maximum atomic E-state index is 11.7. The maximum Gasteiger partial charge on any atom is 0.335 e. The summed E-state index contributed by atoms with van der Waals surface area (Å²) in [6, 6.07) is 5.10. The van der Waals surface area contributed by atoms with Crippen LogP contribution < -0.4 is 0 Å². The predicted molar refractivity (Wildman–Crippen MR) is 73.2 cm³/mol. The van der Waals surface area contributed by atoms with E-state index in [-0.39, 0.29) is 11.7 Å². The number of methoxy groups -OCH3 is 1. The first-order valence-electron chi connectivity index (χ1n) is 6.56. The molecule has 1 N–H and O–H groups in total. The third-order valence-electron chi connectivity index (χ3n) is 3.01. The van der Waals surface area contributed by atoms with Crippen molar-refractivity contribution >= 4 is 5.97 Å². The van der Waals surface area contributed by atoms with Gasteiger partial charge in [-0.05, 0) is 36.6 Å². The van der Waals surface area contributed by atoms with Crippen molar-refractivity contribution in [2.75, 3.05) is 13.7 Å². The first-order chi connectivity index (χ1) is 9.08. The molecule has 0 aliphatic heterocycles. The summed E-state index contributed by atoms with van der Waals surface area (Å²) in [5.74, 6) is -0.133. The van der Waals surface area contributed by atoms with Gasteiger partial charge in [0.1, 0.15) is 5.75 Å². The molecule has 1 aromatic rings. The summed E-state index contributed by atoms with van der Waals surface area (Å²) >= 11 is 0. The Morgan fingerprint density at radius 3 is 2.74 bits per heavy atom. The number of carbonyl (C=O) groups is 1. The quantitative estimate of drug-likeness (QED) is 0.609. The van der Waals surface area contributed by atoms with E-state index in [0.717, 1.165) is 24.0 Å². The van der Waals surface area contributed by atoms with Crippen LogP contribution in [0.2, 0.25) is 0 Å². The lowest BCUT2D eigenvalue weighted by atomic mass is 10.0. The Kier molecular flexibility index (Phi) is 6.36. The fourth-order valence-corrected chi connectivity index (χ4v) is 1.82. The minimum Gasteiger partial charge on any atom is -0.508 e. The van der Waals surface area contributed by atoms with Crippen LogP contribution in [0.4, 0.5) is 0 Å². The van der Waals surface area contributed by atoms with E-state index in [1.165, 1.54) is 7.11 Å². The van der Waals surface area contributed by atoms with Gasteiger partial charge in [-0.25, -0.2) is 4.79 Å². The average molecular weight is 266 g/mol. The van der Waals surface area contributed by atoms with Crippen LogP contribution in [-0.4, -0.2) is 30.9 Å². The monoisotopic (exact) mass is 266 g/mol. The molecule has 4 heteroatoms. The Hall–Kier alpha value is -1.55. The third kappa shape index (κ3) is 4.91. The van der Waals surface area contributed by atoms with Gasteiger partial charge >= 0.3 is 5.97 Å². The van der Waals surface area contributed by atoms with Crippen LogP contribution in [-0.2, 0) is 20.7 Å². The number of aryl methyl sites for hydroxylation is 1. The number of ether oxygens (including phenoxy) is 2. The molecular weight excluding hydrogens is 244 g/mol. The number of benzene rings is 1. The van der Waals surface area contributed by atoms with Crippen molar-refractivity contribution in [3.8, 4) is 5.75 Å². The van der Waals surface area contributed by atoms with Crippen LogP contribution in [0.5, 0.6) is 5.75 Å². The van der Waals surface area contributed by atoms with Gasteiger partial charge in [-0.1, -0.05) is 19.4 Å². The number of phenols is 1. The SMILES string of the molecule is CCCCO[C@H](Cc1ccc(O)cc1C)C(=O)OC. The molecule has 0 unspecified atom stereocenters. The molecular formula is C15H22O4. The first-order valence-corrected chi connectivity index (χ1v) is 6.56. The molecule has 4 nitrogen and oxygen atoms in total. The number of unbranched alkanes of at least 4 members (excludes halogenated alkanes) is 1. The van der Waals surface area contributed by atoms with E-state index < -0.39 is 6.10 Å². The molecule has 0 fully saturated rings. The fourth-order valence-electron chi connectivity index (χ4n) is 1.82. The van der Waals surface area contributed by atoms with Crippen LogP contribution in [0, 0.1) is 6.92 Å². The van der Waals surface area contributed by atoms with Crippen molar-refractivity contribution in [2.24, 2.45) is 0 Å². The zero-order valence-corrected chi connectivity index (χ0v) is 11.8. The molecule has 0 saturated carbocycles. The molecule has 0 heterocycles. The largest absolute Gasteiger partial charge is 0.508 e. The second-order valence-corrected chi connectivity index (χ2v) is 4.55. The van der Waals surface area contributed by atoms with Gasteiger partial charge in [0.2, 0.25) is 0 Å². The van der Waals surface area contributed by atoms with Crippen molar-refractivity contribution in [1.29, 1.82) is 0 Å². The van der Waals surface area contributed by atoms with Crippen LogP contribution >= 0.6 is 0 Å².